The standard InChI is InChI=1S/C15H25N3O4S/c1-10(2)14(16)6-7-17(5)23(21,22)15-11(3)8-13(18(19)20)9-12(15)4/h8-10,14H,6-7,16H2,1-5H3. The van der Waals surface area contributed by atoms with Gasteiger partial charge in [0.05, 0.1) is 9.82 Å². The molecular weight excluding hydrogens is 318 g/mol. The molecule has 1 aromatic rings. The summed E-state index contributed by atoms with van der Waals surface area (Å²) in [6.45, 7) is 7.42. The summed E-state index contributed by atoms with van der Waals surface area (Å²) in [5.41, 5.74) is 6.60. The van der Waals surface area contributed by atoms with Gasteiger partial charge < -0.3 is 5.73 Å². The van der Waals surface area contributed by atoms with Crippen molar-refractivity contribution >= 4 is 15.7 Å². The van der Waals surface area contributed by atoms with Crippen LogP contribution in [0.2, 0.25) is 0 Å². The van der Waals surface area contributed by atoms with Crippen molar-refractivity contribution in [3.8, 4) is 0 Å². The van der Waals surface area contributed by atoms with Crippen LogP contribution in [0, 0.1) is 29.9 Å². The molecule has 0 saturated heterocycles. The largest absolute Gasteiger partial charge is 0.327 e. The van der Waals surface area contributed by atoms with Gasteiger partial charge in [-0.3, -0.25) is 10.1 Å². The summed E-state index contributed by atoms with van der Waals surface area (Å²) in [4.78, 5) is 10.5. The predicted octanol–water partition coefficient (Wildman–Crippen LogP) is 2.21. The zero-order chi connectivity index (χ0) is 17.9. The molecule has 0 aliphatic heterocycles. The van der Waals surface area contributed by atoms with Crippen LogP contribution in [0.15, 0.2) is 17.0 Å². The fourth-order valence-electron chi connectivity index (χ4n) is 2.38. The van der Waals surface area contributed by atoms with Crippen molar-refractivity contribution in [3.63, 3.8) is 0 Å². The van der Waals surface area contributed by atoms with Crippen LogP contribution in [-0.4, -0.2) is 37.3 Å². The SMILES string of the molecule is Cc1cc([N+](=O)[O-])cc(C)c1S(=O)(=O)N(C)CCC(N)C(C)C. The average molecular weight is 343 g/mol. The van der Waals surface area contributed by atoms with E-state index < -0.39 is 14.9 Å². The van der Waals surface area contributed by atoms with Crippen molar-refractivity contribution in [1.29, 1.82) is 0 Å². The van der Waals surface area contributed by atoms with Crippen LogP contribution in [0.1, 0.15) is 31.4 Å². The second-order valence-corrected chi connectivity index (χ2v) is 8.17. The molecule has 0 bridgehead atoms. The average Bonchev–Trinajstić information content (AvgIpc) is 2.42. The van der Waals surface area contributed by atoms with Gasteiger partial charge in [-0.15, -0.1) is 0 Å². The van der Waals surface area contributed by atoms with E-state index in [0.29, 0.717) is 24.1 Å². The lowest BCUT2D eigenvalue weighted by molar-refractivity contribution is -0.385. The molecule has 2 N–H and O–H groups in total. The molecule has 23 heavy (non-hydrogen) atoms. The maximum absolute atomic E-state index is 12.8. The first-order valence-corrected chi connectivity index (χ1v) is 8.90. The quantitative estimate of drug-likeness (QED) is 0.603. The number of non-ortho nitro benzene ring substituents is 1. The van der Waals surface area contributed by atoms with Crippen LogP contribution < -0.4 is 5.73 Å². The van der Waals surface area contributed by atoms with E-state index in [9.17, 15) is 18.5 Å². The monoisotopic (exact) mass is 343 g/mol. The molecule has 0 amide bonds. The van der Waals surface area contributed by atoms with Crippen molar-refractivity contribution in [3.05, 3.63) is 33.4 Å². The van der Waals surface area contributed by atoms with E-state index in [1.54, 1.807) is 13.8 Å². The van der Waals surface area contributed by atoms with E-state index in [1.807, 2.05) is 13.8 Å². The highest BCUT2D eigenvalue weighted by Crippen LogP contribution is 2.27. The van der Waals surface area contributed by atoms with Gasteiger partial charge in [0.15, 0.2) is 0 Å². The minimum absolute atomic E-state index is 0.0771. The van der Waals surface area contributed by atoms with Crippen LogP contribution in [0.5, 0.6) is 0 Å². The molecule has 0 aliphatic rings. The summed E-state index contributed by atoms with van der Waals surface area (Å²) in [6, 6.07) is 2.49. The number of rotatable bonds is 7. The van der Waals surface area contributed by atoms with E-state index in [0.717, 1.165) is 0 Å². The normalized spacial score (nSPS) is 13.6. The topological polar surface area (TPSA) is 107 Å². The van der Waals surface area contributed by atoms with Gasteiger partial charge >= 0.3 is 0 Å². The molecule has 1 rings (SSSR count). The molecule has 7 nitrogen and oxygen atoms in total. The lowest BCUT2D eigenvalue weighted by Crippen LogP contribution is -2.35. The lowest BCUT2D eigenvalue weighted by Gasteiger charge is -2.22. The number of nitro benzene ring substituents is 1. The summed E-state index contributed by atoms with van der Waals surface area (Å²) in [5.74, 6) is 0.272. The highest BCUT2D eigenvalue weighted by molar-refractivity contribution is 7.89. The Morgan fingerprint density at radius 1 is 1.26 bits per heavy atom. The highest BCUT2D eigenvalue weighted by atomic mass is 32.2. The number of hydrogen-bond acceptors (Lipinski definition) is 5. The Balaban J connectivity index is 3.11. The molecule has 0 aliphatic carbocycles. The molecule has 0 aromatic heterocycles. The van der Waals surface area contributed by atoms with Crippen molar-refractivity contribution in [2.24, 2.45) is 11.7 Å². The third-order valence-electron chi connectivity index (χ3n) is 3.96. The Bertz CT molecular complexity index is 663. The van der Waals surface area contributed by atoms with Crippen LogP contribution in [0.4, 0.5) is 5.69 Å². The fraction of sp³-hybridized carbons (Fsp3) is 0.600. The van der Waals surface area contributed by atoms with Crippen molar-refractivity contribution in [2.75, 3.05) is 13.6 Å². The second kappa shape index (κ2) is 7.37. The Morgan fingerprint density at radius 2 is 1.74 bits per heavy atom. The van der Waals surface area contributed by atoms with Gasteiger partial charge in [-0.25, -0.2) is 12.7 Å². The Hall–Kier alpha value is -1.51. The van der Waals surface area contributed by atoms with Crippen LogP contribution >= 0.6 is 0 Å². The van der Waals surface area contributed by atoms with E-state index in [-0.39, 0.29) is 22.5 Å². The lowest BCUT2D eigenvalue weighted by atomic mass is 10.0. The zero-order valence-corrected chi connectivity index (χ0v) is 15.1. The van der Waals surface area contributed by atoms with Gasteiger partial charge in [-0.05, 0) is 37.3 Å². The number of nitrogens with two attached hydrogens (primary N) is 1. The maximum Gasteiger partial charge on any atom is 0.270 e. The van der Waals surface area contributed by atoms with Crippen LogP contribution in [-0.2, 0) is 10.0 Å². The predicted molar refractivity (Wildman–Crippen MR) is 89.8 cm³/mol. The van der Waals surface area contributed by atoms with Gasteiger partial charge in [-0.1, -0.05) is 13.8 Å². The van der Waals surface area contributed by atoms with Gasteiger partial charge in [0.2, 0.25) is 10.0 Å². The first kappa shape index (κ1) is 19.5. The number of hydrogen-bond donors (Lipinski definition) is 1. The van der Waals surface area contributed by atoms with E-state index in [1.165, 1.54) is 23.5 Å². The molecule has 1 aromatic carbocycles. The number of nitro groups is 1. The molecule has 130 valence electrons. The maximum atomic E-state index is 12.8. The summed E-state index contributed by atoms with van der Waals surface area (Å²) in [7, 11) is -2.21. The molecule has 0 fully saturated rings. The Morgan fingerprint density at radius 3 is 2.13 bits per heavy atom. The first-order valence-electron chi connectivity index (χ1n) is 7.46. The fourth-order valence-corrected chi connectivity index (χ4v) is 3.97. The van der Waals surface area contributed by atoms with Gasteiger partial charge in [-0.2, -0.15) is 0 Å². The minimum atomic E-state index is -3.71. The molecular formula is C15H25N3O4S. The smallest absolute Gasteiger partial charge is 0.270 e. The molecule has 8 heteroatoms. The zero-order valence-electron chi connectivity index (χ0n) is 14.2. The summed E-state index contributed by atoms with van der Waals surface area (Å²) in [6.07, 6.45) is 0.554. The summed E-state index contributed by atoms with van der Waals surface area (Å²) < 4.78 is 26.8. The third kappa shape index (κ3) is 4.49. The summed E-state index contributed by atoms with van der Waals surface area (Å²) >= 11 is 0. The summed E-state index contributed by atoms with van der Waals surface area (Å²) in [5, 5.41) is 10.9. The highest BCUT2D eigenvalue weighted by Gasteiger charge is 2.27. The van der Waals surface area contributed by atoms with E-state index >= 15 is 0 Å². The van der Waals surface area contributed by atoms with Crippen LogP contribution in [0.3, 0.4) is 0 Å². The second-order valence-electron chi connectivity index (χ2n) is 6.19. The van der Waals surface area contributed by atoms with Crippen LogP contribution in [0.25, 0.3) is 0 Å². The number of benzene rings is 1. The number of sulfonamides is 1. The molecule has 0 heterocycles. The van der Waals surface area contributed by atoms with Gasteiger partial charge in [0, 0.05) is 31.8 Å². The number of nitrogens with zero attached hydrogens (tertiary/aromatic N) is 2. The van der Waals surface area contributed by atoms with Crippen molar-refractivity contribution in [2.45, 2.75) is 45.1 Å². The minimum Gasteiger partial charge on any atom is -0.327 e. The van der Waals surface area contributed by atoms with Gasteiger partial charge in [0.25, 0.3) is 5.69 Å². The molecule has 1 unspecified atom stereocenters. The van der Waals surface area contributed by atoms with E-state index in [4.69, 9.17) is 5.73 Å². The van der Waals surface area contributed by atoms with Gasteiger partial charge in [0.1, 0.15) is 0 Å². The van der Waals surface area contributed by atoms with Crippen molar-refractivity contribution < 1.29 is 13.3 Å². The van der Waals surface area contributed by atoms with E-state index in [2.05, 4.69) is 0 Å². The molecule has 1 atom stereocenters. The Kier molecular flexibility index (Phi) is 6.26. The Labute approximate surface area is 137 Å². The molecule has 0 spiro atoms. The molecule has 0 saturated carbocycles. The molecule has 0 radical (unpaired) electrons. The number of aryl methyl sites for hydroxylation is 2. The first-order chi connectivity index (χ1) is 10.5. The third-order valence-corrected chi connectivity index (χ3v) is 6.12. The van der Waals surface area contributed by atoms with Crippen molar-refractivity contribution in [1.82, 2.24) is 4.31 Å².